The monoisotopic (exact) mass is 240 g/mol. The Labute approximate surface area is 102 Å². The summed E-state index contributed by atoms with van der Waals surface area (Å²) in [6, 6.07) is 0. The van der Waals surface area contributed by atoms with E-state index in [9.17, 15) is 4.79 Å². The van der Waals surface area contributed by atoms with Gasteiger partial charge >= 0.3 is 5.97 Å². The van der Waals surface area contributed by atoms with E-state index in [1.54, 1.807) is 0 Å². The van der Waals surface area contributed by atoms with Gasteiger partial charge < -0.3 is 14.2 Å². The Bertz CT molecular complexity index is 277. The van der Waals surface area contributed by atoms with Crippen LogP contribution in [0.2, 0.25) is 0 Å². The maximum Gasteiger partial charge on any atom is 0.330 e. The minimum atomic E-state index is -0.366. The van der Waals surface area contributed by atoms with Gasteiger partial charge in [0.2, 0.25) is 0 Å². The fourth-order valence-corrected chi connectivity index (χ4v) is 2.28. The lowest BCUT2D eigenvalue weighted by molar-refractivity contribution is -0.138. The van der Waals surface area contributed by atoms with Crippen molar-refractivity contribution in [2.75, 3.05) is 19.8 Å². The molecule has 0 amide bonds. The molecule has 0 radical (unpaired) electrons. The number of carbonyl (C=O) groups excluding carboxylic acids is 1. The topological polar surface area (TPSA) is 48.1 Å². The maximum absolute atomic E-state index is 10.7. The summed E-state index contributed by atoms with van der Waals surface area (Å²) in [4.78, 5) is 10.7. The van der Waals surface area contributed by atoms with Crippen molar-refractivity contribution in [2.24, 2.45) is 5.92 Å². The van der Waals surface area contributed by atoms with Crippen molar-refractivity contribution in [3.8, 4) is 0 Å². The second-order valence-corrected chi connectivity index (χ2v) is 4.69. The van der Waals surface area contributed by atoms with Crippen LogP contribution in [0.3, 0.4) is 0 Å². The predicted octanol–water partition coefficient (Wildman–Crippen LogP) is 1.69. The lowest BCUT2D eigenvalue weighted by Crippen LogP contribution is -2.19. The highest BCUT2D eigenvalue weighted by atomic mass is 16.6. The molecule has 2 rings (SSSR count). The molecule has 0 spiro atoms. The summed E-state index contributed by atoms with van der Waals surface area (Å²) in [6.07, 6.45) is 6.55. The van der Waals surface area contributed by atoms with E-state index >= 15 is 0 Å². The van der Waals surface area contributed by atoms with Crippen LogP contribution in [0.4, 0.5) is 0 Å². The summed E-state index contributed by atoms with van der Waals surface area (Å²) < 4.78 is 15.9. The molecule has 1 saturated carbocycles. The van der Waals surface area contributed by atoms with Crippen LogP contribution < -0.4 is 0 Å². The molecule has 1 heterocycles. The Balaban J connectivity index is 1.43. The third-order valence-electron chi connectivity index (χ3n) is 3.31. The van der Waals surface area contributed by atoms with E-state index in [0.717, 1.165) is 19.4 Å². The van der Waals surface area contributed by atoms with Gasteiger partial charge in [-0.05, 0) is 25.2 Å². The highest BCUT2D eigenvalue weighted by molar-refractivity contribution is 5.81. The molecule has 0 N–H and O–H groups in total. The van der Waals surface area contributed by atoms with E-state index in [1.807, 2.05) is 0 Å². The van der Waals surface area contributed by atoms with Gasteiger partial charge in [-0.1, -0.05) is 6.58 Å². The zero-order chi connectivity index (χ0) is 12.1. The second-order valence-electron chi connectivity index (χ2n) is 4.69. The summed E-state index contributed by atoms with van der Waals surface area (Å²) in [5, 5.41) is 0. The SMILES string of the molecule is C=CC(=O)OCCCOCC1CCC2OC2C1. The normalized spacial score (nSPS) is 30.5. The van der Waals surface area contributed by atoms with Crippen molar-refractivity contribution in [3.05, 3.63) is 12.7 Å². The van der Waals surface area contributed by atoms with Gasteiger partial charge in [0.25, 0.3) is 0 Å². The quantitative estimate of drug-likeness (QED) is 0.294. The number of epoxide rings is 1. The Hall–Kier alpha value is -0.870. The molecule has 17 heavy (non-hydrogen) atoms. The molecule has 1 aliphatic carbocycles. The summed E-state index contributed by atoms with van der Waals surface area (Å²) in [5.74, 6) is 0.281. The number of hydrogen-bond donors (Lipinski definition) is 0. The number of rotatable bonds is 7. The van der Waals surface area contributed by atoms with Gasteiger partial charge in [-0.2, -0.15) is 0 Å². The Kier molecular flexibility index (Phi) is 4.57. The van der Waals surface area contributed by atoms with E-state index in [4.69, 9.17) is 14.2 Å². The zero-order valence-electron chi connectivity index (χ0n) is 10.1. The molecule has 4 heteroatoms. The first-order chi connectivity index (χ1) is 8.29. The first-order valence-electron chi connectivity index (χ1n) is 6.32. The highest BCUT2D eigenvalue weighted by Crippen LogP contribution is 2.39. The molecule has 3 atom stereocenters. The summed E-state index contributed by atoms with van der Waals surface area (Å²) in [5.41, 5.74) is 0. The first kappa shape index (κ1) is 12.6. The van der Waals surface area contributed by atoms with Gasteiger partial charge in [0.15, 0.2) is 0 Å². The second kappa shape index (κ2) is 6.17. The highest BCUT2D eigenvalue weighted by Gasteiger charge is 2.43. The molecule has 2 fully saturated rings. The number of ether oxygens (including phenoxy) is 3. The molecule has 3 unspecified atom stereocenters. The smallest absolute Gasteiger partial charge is 0.330 e. The van der Waals surface area contributed by atoms with Crippen LogP contribution >= 0.6 is 0 Å². The Morgan fingerprint density at radius 2 is 2.24 bits per heavy atom. The number of hydrogen-bond acceptors (Lipinski definition) is 4. The van der Waals surface area contributed by atoms with E-state index < -0.39 is 0 Å². The summed E-state index contributed by atoms with van der Waals surface area (Å²) in [7, 11) is 0. The summed E-state index contributed by atoms with van der Waals surface area (Å²) in [6.45, 7) is 5.19. The van der Waals surface area contributed by atoms with Crippen molar-refractivity contribution >= 4 is 5.97 Å². The number of esters is 1. The molecular formula is C13H20O4. The van der Waals surface area contributed by atoms with Crippen LogP contribution in [-0.2, 0) is 19.0 Å². The van der Waals surface area contributed by atoms with E-state index in [0.29, 0.717) is 31.3 Å². The molecular weight excluding hydrogens is 220 g/mol. The van der Waals surface area contributed by atoms with Crippen molar-refractivity contribution in [1.29, 1.82) is 0 Å². The number of carbonyl (C=O) groups is 1. The first-order valence-corrected chi connectivity index (χ1v) is 6.32. The van der Waals surface area contributed by atoms with Crippen molar-refractivity contribution < 1.29 is 19.0 Å². The standard InChI is InChI=1S/C13H20O4/c1-2-13(14)16-7-3-6-15-9-10-4-5-11-12(8-10)17-11/h2,10-12H,1,3-9H2. The minimum Gasteiger partial charge on any atom is -0.462 e. The molecule has 0 aromatic rings. The van der Waals surface area contributed by atoms with Gasteiger partial charge in [0.1, 0.15) is 0 Å². The lowest BCUT2D eigenvalue weighted by atomic mass is 9.90. The molecule has 2 aliphatic rings. The zero-order valence-corrected chi connectivity index (χ0v) is 10.1. The third kappa shape index (κ3) is 4.13. The van der Waals surface area contributed by atoms with E-state index in [-0.39, 0.29) is 5.97 Å². The molecule has 4 nitrogen and oxygen atoms in total. The fraction of sp³-hybridized carbons (Fsp3) is 0.769. The van der Waals surface area contributed by atoms with E-state index in [1.165, 1.54) is 18.9 Å². The molecule has 1 aliphatic heterocycles. The van der Waals surface area contributed by atoms with Crippen LogP contribution in [0.5, 0.6) is 0 Å². The number of fused-ring (bicyclic) bond motifs is 1. The maximum atomic E-state index is 10.7. The molecule has 1 saturated heterocycles. The minimum absolute atomic E-state index is 0.366. The molecule has 0 aromatic carbocycles. The molecule has 0 bridgehead atoms. The van der Waals surface area contributed by atoms with Crippen LogP contribution in [0.25, 0.3) is 0 Å². The molecule has 0 aromatic heterocycles. The summed E-state index contributed by atoms with van der Waals surface area (Å²) >= 11 is 0. The average Bonchev–Trinajstić information content (AvgIpc) is 3.11. The van der Waals surface area contributed by atoms with Gasteiger partial charge in [0, 0.05) is 25.7 Å². The van der Waals surface area contributed by atoms with Crippen molar-refractivity contribution in [2.45, 2.75) is 37.9 Å². The molecule has 96 valence electrons. The lowest BCUT2D eigenvalue weighted by Gasteiger charge is -2.18. The van der Waals surface area contributed by atoms with Crippen LogP contribution in [0.15, 0.2) is 12.7 Å². The fourth-order valence-electron chi connectivity index (χ4n) is 2.28. The van der Waals surface area contributed by atoms with Crippen LogP contribution in [0.1, 0.15) is 25.7 Å². The van der Waals surface area contributed by atoms with Gasteiger partial charge in [-0.15, -0.1) is 0 Å². The van der Waals surface area contributed by atoms with Crippen molar-refractivity contribution in [1.82, 2.24) is 0 Å². The third-order valence-corrected chi connectivity index (χ3v) is 3.31. The van der Waals surface area contributed by atoms with Crippen molar-refractivity contribution in [3.63, 3.8) is 0 Å². The average molecular weight is 240 g/mol. The van der Waals surface area contributed by atoms with Gasteiger partial charge in [-0.3, -0.25) is 0 Å². The van der Waals surface area contributed by atoms with Crippen LogP contribution in [-0.4, -0.2) is 38.0 Å². The van der Waals surface area contributed by atoms with Crippen LogP contribution in [0, 0.1) is 5.92 Å². The Morgan fingerprint density at radius 1 is 1.35 bits per heavy atom. The van der Waals surface area contributed by atoms with Gasteiger partial charge in [0.05, 0.1) is 18.8 Å². The Morgan fingerprint density at radius 3 is 3.00 bits per heavy atom. The van der Waals surface area contributed by atoms with E-state index in [2.05, 4.69) is 6.58 Å². The van der Waals surface area contributed by atoms with Gasteiger partial charge in [-0.25, -0.2) is 4.79 Å². The predicted molar refractivity (Wildman–Crippen MR) is 62.6 cm³/mol. The largest absolute Gasteiger partial charge is 0.462 e.